The summed E-state index contributed by atoms with van der Waals surface area (Å²) in [6.45, 7) is 0.167. The Labute approximate surface area is 135 Å². The maximum atomic E-state index is 13.9. The molecule has 0 saturated heterocycles. The number of carbonyl (C=O) groups is 1. The third-order valence-corrected chi connectivity index (χ3v) is 4.43. The average molecular weight is 326 g/mol. The highest BCUT2D eigenvalue weighted by molar-refractivity contribution is 5.85. The summed E-state index contributed by atoms with van der Waals surface area (Å²) >= 11 is 0. The van der Waals surface area contributed by atoms with Crippen LogP contribution in [0.4, 0.5) is 14.5 Å². The minimum Gasteiger partial charge on any atom is -0.383 e. The molecule has 128 valence electrons. The minimum absolute atomic E-state index is 0.0222. The van der Waals surface area contributed by atoms with Crippen molar-refractivity contribution in [2.24, 2.45) is 0 Å². The van der Waals surface area contributed by atoms with Crippen molar-refractivity contribution in [3.8, 4) is 0 Å². The molecule has 2 rings (SSSR count). The highest BCUT2D eigenvalue weighted by Gasteiger charge is 2.60. The smallest absolute Gasteiger partial charge is 0.352 e. The second kappa shape index (κ2) is 6.83. The molecule has 23 heavy (non-hydrogen) atoms. The zero-order valence-electron chi connectivity index (χ0n) is 13.6. The number of amides is 1. The van der Waals surface area contributed by atoms with E-state index in [1.165, 1.54) is 0 Å². The first-order valence-corrected chi connectivity index (χ1v) is 7.91. The van der Waals surface area contributed by atoms with Crippen LogP contribution in [-0.2, 0) is 11.2 Å². The molecule has 0 spiro atoms. The number of rotatable bonds is 7. The molecular weight excluding hydrogens is 302 g/mol. The van der Waals surface area contributed by atoms with Gasteiger partial charge < -0.3 is 15.3 Å². The Balaban J connectivity index is 1.75. The molecule has 0 aliphatic heterocycles. The number of nitrogens with one attached hydrogen (secondary N) is 1. The third kappa shape index (κ3) is 3.80. The van der Waals surface area contributed by atoms with Crippen LogP contribution in [0.25, 0.3) is 0 Å². The number of halogens is 2. The van der Waals surface area contributed by atoms with Crippen LogP contribution in [0.3, 0.4) is 0 Å². The zero-order valence-corrected chi connectivity index (χ0v) is 13.6. The maximum Gasteiger partial charge on any atom is 0.352 e. The summed E-state index contributed by atoms with van der Waals surface area (Å²) < 4.78 is 27.7. The summed E-state index contributed by atoms with van der Waals surface area (Å²) in [5.41, 5.74) is 0.0312. The fourth-order valence-electron chi connectivity index (χ4n) is 2.60. The summed E-state index contributed by atoms with van der Waals surface area (Å²) in [6, 6.07) is 7.97. The van der Waals surface area contributed by atoms with Crippen molar-refractivity contribution in [2.75, 3.05) is 25.5 Å². The molecule has 0 atom stereocenters. The van der Waals surface area contributed by atoms with Crippen LogP contribution in [0.1, 0.15) is 31.2 Å². The van der Waals surface area contributed by atoms with Gasteiger partial charge in [-0.25, -0.2) is 0 Å². The van der Waals surface area contributed by atoms with Crippen molar-refractivity contribution in [3.05, 3.63) is 29.8 Å². The number of alkyl halides is 2. The van der Waals surface area contributed by atoms with Crippen LogP contribution < -0.4 is 10.2 Å². The van der Waals surface area contributed by atoms with E-state index in [1.807, 2.05) is 43.3 Å². The van der Waals surface area contributed by atoms with Crippen LogP contribution >= 0.6 is 0 Å². The maximum absolute atomic E-state index is 13.9. The molecule has 6 heteroatoms. The Bertz CT molecular complexity index is 540. The van der Waals surface area contributed by atoms with Crippen molar-refractivity contribution in [1.29, 1.82) is 0 Å². The van der Waals surface area contributed by atoms with Crippen LogP contribution in [-0.4, -0.2) is 43.2 Å². The largest absolute Gasteiger partial charge is 0.383 e. The van der Waals surface area contributed by atoms with Gasteiger partial charge in [0.1, 0.15) is 5.60 Å². The molecule has 1 fully saturated rings. The highest BCUT2D eigenvalue weighted by Crippen LogP contribution is 2.44. The van der Waals surface area contributed by atoms with Gasteiger partial charge in [0.15, 0.2) is 0 Å². The Morgan fingerprint density at radius 3 is 2.39 bits per heavy atom. The van der Waals surface area contributed by atoms with E-state index in [1.54, 1.807) is 0 Å². The lowest BCUT2D eigenvalue weighted by molar-refractivity contribution is -0.215. The Morgan fingerprint density at radius 2 is 1.91 bits per heavy atom. The van der Waals surface area contributed by atoms with Gasteiger partial charge in [0.25, 0.3) is 5.91 Å². The predicted octanol–water partition coefficient (Wildman–Crippen LogP) is 2.35. The minimum atomic E-state index is -3.71. The van der Waals surface area contributed by atoms with Gasteiger partial charge in [0.05, 0.1) is 0 Å². The van der Waals surface area contributed by atoms with E-state index in [-0.39, 0.29) is 19.4 Å². The molecular formula is C17H24F2N2O2. The van der Waals surface area contributed by atoms with Crippen LogP contribution in [0.15, 0.2) is 24.3 Å². The first kappa shape index (κ1) is 17.7. The van der Waals surface area contributed by atoms with Crippen LogP contribution in [0.5, 0.6) is 0 Å². The lowest BCUT2D eigenvalue weighted by Gasteiger charge is -2.41. The quantitative estimate of drug-likeness (QED) is 0.756. The van der Waals surface area contributed by atoms with E-state index in [0.717, 1.165) is 11.3 Å². The van der Waals surface area contributed by atoms with Crippen LogP contribution in [0.2, 0.25) is 0 Å². The van der Waals surface area contributed by atoms with Crippen LogP contribution in [0, 0.1) is 0 Å². The summed E-state index contributed by atoms with van der Waals surface area (Å²) in [4.78, 5) is 13.6. The number of aryl methyl sites for hydroxylation is 1. The van der Waals surface area contributed by atoms with Gasteiger partial charge in [-0.05, 0) is 49.8 Å². The lowest BCUT2D eigenvalue weighted by Crippen LogP contribution is -2.60. The van der Waals surface area contributed by atoms with E-state index in [4.69, 9.17) is 0 Å². The third-order valence-electron chi connectivity index (χ3n) is 4.43. The lowest BCUT2D eigenvalue weighted by atomic mass is 9.75. The molecule has 2 N–H and O–H groups in total. The van der Waals surface area contributed by atoms with E-state index in [2.05, 4.69) is 5.32 Å². The van der Waals surface area contributed by atoms with Crippen molar-refractivity contribution in [3.63, 3.8) is 0 Å². The molecule has 0 bridgehead atoms. The molecule has 1 aliphatic carbocycles. The number of benzene rings is 1. The highest BCUT2D eigenvalue weighted by atomic mass is 19.3. The fraction of sp³-hybridized carbons (Fsp3) is 0.588. The molecule has 1 aromatic carbocycles. The molecule has 0 aromatic heterocycles. The topological polar surface area (TPSA) is 52.6 Å². The zero-order chi connectivity index (χ0) is 17.1. The number of anilines is 1. The molecule has 0 unspecified atom stereocenters. The van der Waals surface area contributed by atoms with Gasteiger partial charge in [-0.3, -0.25) is 4.79 Å². The van der Waals surface area contributed by atoms with E-state index >= 15 is 0 Å². The van der Waals surface area contributed by atoms with Crippen molar-refractivity contribution in [1.82, 2.24) is 5.32 Å². The summed E-state index contributed by atoms with van der Waals surface area (Å²) in [7, 11) is 3.92. The van der Waals surface area contributed by atoms with E-state index in [9.17, 15) is 18.7 Å². The Hall–Kier alpha value is -1.69. The fourth-order valence-corrected chi connectivity index (χ4v) is 2.60. The number of aliphatic hydroxyl groups is 1. The number of hydrogen-bond acceptors (Lipinski definition) is 3. The summed E-state index contributed by atoms with van der Waals surface area (Å²) in [5.74, 6) is -5.08. The number of carbonyl (C=O) groups excluding carboxylic acids is 1. The number of hydrogen-bond donors (Lipinski definition) is 2. The first-order valence-electron chi connectivity index (χ1n) is 7.91. The monoisotopic (exact) mass is 326 g/mol. The predicted molar refractivity (Wildman–Crippen MR) is 85.8 cm³/mol. The first-order chi connectivity index (χ1) is 10.8. The van der Waals surface area contributed by atoms with Gasteiger partial charge >= 0.3 is 5.92 Å². The van der Waals surface area contributed by atoms with Crippen molar-refractivity contribution in [2.45, 2.75) is 43.6 Å². The van der Waals surface area contributed by atoms with E-state index < -0.39 is 17.4 Å². The van der Waals surface area contributed by atoms with Gasteiger partial charge in [0.2, 0.25) is 0 Å². The molecule has 1 aliphatic rings. The number of nitrogens with zero attached hydrogens (tertiary/aromatic N) is 1. The van der Waals surface area contributed by atoms with Crippen molar-refractivity contribution < 1.29 is 18.7 Å². The summed E-state index contributed by atoms with van der Waals surface area (Å²) in [6.07, 6.45) is 1.75. The second-order valence-electron chi connectivity index (χ2n) is 6.38. The molecule has 0 radical (unpaired) electrons. The second-order valence-corrected chi connectivity index (χ2v) is 6.38. The molecule has 1 amide bonds. The standard InChI is InChI=1S/C17H24F2N2O2/c1-21(2)14-8-6-13(7-9-14)5-3-12-20-15(22)17(18,19)16(23)10-4-11-16/h6-9,23H,3-5,10-12H2,1-2H3,(H,20,22). The molecule has 4 nitrogen and oxygen atoms in total. The van der Waals surface area contributed by atoms with Gasteiger partial charge in [0, 0.05) is 26.3 Å². The SMILES string of the molecule is CN(C)c1ccc(CCCNC(=O)C(F)(F)C2(O)CCC2)cc1. The molecule has 0 heterocycles. The Kier molecular flexibility index (Phi) is 5.24. The summed E-state index contributed by atoms with van der Waals surface area (Å²) in [5, 5.41) is 11.9. The van der Waals surface area contributed by atoms with E-state index in [0.29, 0.717) is 19.3 Å². The Morgan fingerprint density at radius 1 is 1.30 bits per heavy atom. The normalized spacial score (nSPS) is 16.6. The average Bonchev–Trinajstić information content (AvgIpc) is 2.49. The van der Waals surface area contributed by atoms with Crippen molar-refractivity contribution >= 4 is 11.6 Å². The molecule has 1 saturated carbocycles. The van der Waals surface area contributed by atoms with Gasteiger partial charge in [-0.1, -0.05) is 12.1 Å². The molecule has 1 aromatic rings. The van der Waals surface area contributed by atoms with Gasteiger partial charge in [-0.2, -0.15) is 8.78 Å². The van der Waals surface area contributed by atoms with Gasteiger partial charge in [-0.15, -0.1) is 0 Å².